The number of nitrogens with zero attached hydrogens (tertiary/aromatic N) is 3. The number of ether oxygens (including phenoxy) is 2. The van der Waals surface area contributed by atoms with E-state index in [1.54, 1.807) is 19.4 Å². The highest BCUT2D eigenvalue weighted by Gasteiger charge is 2.37. The Labute approximate surface area is 182 Å². The van der Waals surface area contributed by atoms with Gasteiger partial charge in [-0.2, -0.15) is 0 Å². The fourth-order valence-corrected chi connectivity index (χ4v) is 4.35. The first-order valence-electron chi connectivity index (χ1n) is 10.6. The number of allylic oxidation sites excluding steroid dienone is 2. The Bertz CT molecular complexity index is 979. The van der Waals surface area contributed by atoms with Gasteiger partial charge >= 0.3 is 5.97 Å². The topological polar surface area (TPSA) is 88.6 Å². The molecule has 0 radical (unpaired) electrons. The van der Waals surface area contributed by atoms with E-state index in [0.29, 0.717) is 42.1 Å². The summed E-state index contributed by atoms with van der Waals surface area (Å²) in [6.07, 6.45) is 11.1. The molecule has 2 N–H and O–H groups in total. The predicted molar refractivity (Wildman–Crippen MR) is 118 cm³/mol. The summed E-state index contributed by atoms with van der Waals surface area (Å²) in [5, 5.41) is 6.58. The molecule has 1 aromatic rings. The summed E-state index contributed by atoms with van der Waals surface area (Å²) in [6.45, 7) is 5.31. The number of carbonyl (C=O) groups excluding carboxylic acids is 1. The van der Waals surface area contributed by atoms with Gasteiger partial charge in [0.2, 0.25) is 5.95 Å². The van der Waals surface area contributed by atoms with E-state index in [1.807, 2.05) is 12.3 Å². The number of carbonyl (C=O) groups is 1. The molecule has 4 rings (SSSR count). The molecule has 2 unspecified atom stereocenters. The Morgan fingerprint density at radius 3 is 2.90 bits per heavy atom. The number of esters is 1. The summed E-state index contributed by atoms with van der Waals surface area (Å²) in [5.41, 5.74) is 3.33. The van der Waals surface area contributed by atoms with Gasteiger partial charge in [-0.15, -0.1) is 0 Å². The highest BCUT2D eigenvalue weighted by Crippen LogP contribution is 2.38. The van der Waals surface area contributed by atoms with Gasteiger partial charge in [0.15, 0.2) is 0 Å². The van der Waals surface area contributed by atoms with Crippen molar-refractivity contribution in [2.75, 3.05) is 26.1 Å². The fraction of sp³-hybridized carbons (Fsp3) is 0.435. The number of nitrogens with one attached hydrogen (secondary N) is 2. The van der Waals surface area contributed by atoms with E-state index in [2.05, 4.69) is 46.6 Å². The van der Waals surface area contributed by atoms with Crippen molar-refractivity contribution in [1.82, 2.24) is 20.2 Å². The monoisotopic (exact) mass is 423 g/mol. The van der Waals surface area contributed by atoms with E-state index < -0.39 is 0 Å². The lowest BCUT2D eigenvalue weighted by Gasteiger charge is -2.34. The SMILES string of the molecule is COC(=O)C1=CC(Nc2nccc(C3=CN(C(C)C)C4CNC=CC34)n2)=C(OC)CC1. The Balaban J connectivity index is 1.63. The summed E-state index contributed by atoms with van der Waals surface area (Å²) in [5.74, 6) is 1.16. The van der Waals surface area contributed by atoms with Gasteiger partial charge in [-0.1, -0.05) is 6.08 Å². The number of hydrogen-bond donors (Lipinski definition) is 2. The molecule has 8 heteroatoms. The molecule has 0 amide bonds. The van der Waals surface area contributed by atoms with Gasteiger partial charge in [0.1, 0.15) is 5.76 Å². The summed E-state index contributed by atoms with van der Waals surface area (Å²) < 4.78 is 10.4. The van der Waals surface area contributed by atoms with Crippen LogP contribution in [0.5, 0.6) is 0 Å². The van der Waals surface area contributed by atoms with Crippen LogP contribution in [0.15, 0.2) is 53.8 Å². The molecule has 3 aliphatic rings. The van der Waals surface area contributed by atoms with Crippen molar-refractivity contribution in [1.29, 1.82) is 0 Å². The maximum absolute atomic E-state index is 12.0. The minimum Gasteiger partial charge on any atom is -0.499 e. The number of anilines is 1. The van der Waals surface area contributed by atoms with Crippen LogP contribution in [0.25, 0.3) is 5.57 Å². The Hall–Kier alpha value is -3.29. The summed E-state index contributed by atoms with van der Waals surface area (Å²) in [7, 11) is 3.01. The number of methoxy groups -OCH3 is 2. The third-order valence-electron chi connectivity index (χ3n) is 5.92. The third kappa shape index (κ3) is 4.15. The van der Waals surface area contributed by atoms with Crippen molar-refractivity contribution >= 4 is 17.5 Å². The molecule has 1 aromatic heterocycles. The van der Waals surface area contributed by atoms with E-state index in [0.717, 1.165) is 18.0 Å². The average Bonchev–Trinajstić information content (AvgIpc) is 3.19. The molecule has 1 aliphatic carbocycles. The molecule has 164 valence electrons. The van der Waals surface area contributed by atoms with Crippen LogP contribution in [0.1, 0.15) is 32.4 Å². The molecule has 0 spiro atoms. The lowest BCUT2D eigenvalue weighted by atomic mass is 9.90. The number of rotatable bonds is 6. The van der Waals surface area contributed by atoms with Crippen molar-refractivity contribution in [2.24, 2.45) is 5.92 Å². The van der Waals surface area contributed by atoms with E-state index in [9.17, 15) is 4.79 Å². The second kappa shape index (κ2) is 8.83. The maximum atomic E-state index is 12.0. The van der Waals surface area contributed by atoms with Crippen LogP contribution < -0.4 is 10.6 Å². The van der Waals surface area contributed by atoms with Crippen LogP contribution in [-0.4, -0.2) is 53.7 Å². The van der Waals surface area contributed by atoms with E-state index in [-0.39, 0.29) is 11.9 Å². The minimum atomic E-state index is -0.335. The minimum absolute atomic E-state index is 0.278. The standard InChI is InChI=1S/C23H29N5O3/c1-14(2)28-13-17(16-7-9-24-12-20(16)28)18-8-10-25-23(26-18)27-19-11-15(22(29)31-4)5-6-21(19)30-3/h7-11,13-14,16,20,24H,5-6,12H2,1-4H3,(H,25,26,27). The zero-order valence-electron chi connectivity index (χ0n) is 18.4. The molecule has 31 heavy (non-hydrogen) atoms. The molecule has 0 aromatic carbocycles. The molecule has 3 heterocycles. The number of aromatic nitrogens is 2. The lowest BCUT2D eigenvalue weighted by molar-refractivity contribution is -0.136. The highest BCUT2D eigenvalue weighted by atomic mass is 16.5. The van der Waals surface area contributed by atoms with Crippen molar-refractivity contribution in [3.63, 3.8) is 0 Å². The van der Waals surface area contributed by atoms with Gasteiger partial charge in [-0.05, 0) is 38.6 Å². The van der Waals surface area contributed by atoms with Crippen LogP contribution in [0.3, 0.4) is 0 Å². The van der Waals surface area contributed by atoms with E-state index in [4.69, 9.17) is 14.5 Å². The second-order valence-corrected chi connectivity index (χ2v) is 8.08. The predicted octanol–water partition coefficient (Wildman–Crippen LogP) is 2.81. The fourth-order valence-electron chi connectivity index (χ4n) is 4.35. The molecular weight excluding hydrogens is 394 g/mol. The molecule has 0 saturated heterocycles. The highest BCUT2D eigenvalue weighted by molar-refractivity contribution is 5.89. The number of fused-ring (bicyclic) bond motifs is 1. The first kappa shape index (κ1) is 21.0. The average molecular weight is 424 g/mol. The van der Waals surface area contributed by atoms with Crippen LogP contribution in [0.2, 0.25) is 0 Å². The van der Waals surface area contributed by atoms with Gasteiger partial charge in [0.05, 0.1) is 31.7 Å². The first-order chi connectivity index (χ1) is 15.0. The summed E-state index contributed by atoms with van der Waals surface area (Å²) in [4.78, 5) is 23.5. The van der Waals surface area contributed by atoms with Gasteiger partial charge in [-0.25, -0.2) is 14.8 Å². The normalized spacial score (nSPS) is 22.5. The van der Waals surface area contributed by atoms with Crippen molar-refractivity contribution in [3.05, 3.63) is 59.5 Å². The lowest BCUT2D eigenvalue weighted by Crippen LogP contribution is -2.44. The van der Waals surface area contributed by atoms with Gasteiger partial charge in [0.25, 0.3) is 0 Å². The molecule has 2 atom stereocenters. The Morgan fingerprint density at radius 2 is 2.16 bits per heavy atom. The van der Waals surface area contributed by atoms with Crippen LogP contribution in [0.4, 0.5) is 5.95 Å². The largest absolute Gasteiger partial charge is 0.499 e. The first-order valence-corrected chi connectivity index (χ1v) is 10.6. The molecule has 0 saturated carbocycles. The van der Waals surface area contributed by atoms with Gasteiger partial charge in [0, 0.05) is 48.5 Å². The zero-order valence-corrected chi connectivity index (χ0v) is 18.4. The molecule has 2 aliphatic heterocycles. The Morgan fingerprint density at radius 1 is 1.32 bits per heavy atom. The van der Waals surface area contributed by atoms with Crippen molar-refractivity contribution in [3.8, 4) is 0 Å². The van der Waals surface area contributed by atoms with Gasteiger partial charge in [-0.3, -0.25) is 0 Å². The summed E-state index contributed by atoms with van der Waals surface area (Å²) in [6, 6.07) is 2.71. The quantitative estimate of drug-likeness (QED) is 0.676. The molecule has 0 fully saturated rings. The van der Waals surface area contributed by atoms with Crippen molar-refractivity contribution in [2.45, 2.75) is 38.8 Å². The zero-order chi connectivity index (χ0) is 22.0. The smallest absolute Gasteiger partial charge is 0.333 e. The number of hydrogen-bond acceptors (Lipinski definition) is 8. The third-order valence-corrected chi connectivity index (χ3v) is 5.92. The van der Waals surface area contributed by atoms with E-state index >= 15 is 0 Å². The van der Waals surface area contributed by atoms with Crippen LogP contribution in [-0.2, 0) is 14.3 Å². The molecule has 8 nitrogen and oxygen atoms in total. The Kier molecular flexibility index (Phi) is 5.97. The van der Waals surface area contributed by atoms with Crippen LogP contribution in [0, 0.1) is 5.92 Å². The van der Waals surface area contributed by atoms with E-state index in [1.165, 1.54) is 12.7 Å². The van der Waals surface area contributed by atoms with Gasteiger partial charge < -0.3 is 25.0 Å². The van der Waals surface area contributed by atoms with Crippen LogP contribution >= 0.6 is 0 Å². The summed E-state index contributed by atoms with van der Waals surface area (Å²) >= 11 is 0. The van der Waals surface area contributed by atoms with Crippen molar-refractivity contribution < 1.29 is 14.3 Å². The molecular formula is C23H29N5O3. The maximum Gasteiger partial charge on any atom is 0.333 e. The second-order valence-electron chi connectivity index (χ2n) is 8.08. The molecule has 0 bridgehead atoms.